The van der Waals surface area contributed by atoms with Gasteiger partial charge in [0, 0.05) is 6.42 Å². The molecule has 2 aliphatic rings. The third-order valence-electron chi connectivity index (χ3n) is 4.65. The minimum atomic E-state index is -0.556. The number of hydrogen-bond acceptors (Lipinski definition) is 5. The molecule has 1 heterocycles. The summed E-state index contributed by atoms with van der Waals surface area (Å²) < 4.78 is 5.76. The molecule has 1 aliphatic carbocycles. The van der Waals surface area contributed by atoms with Gasteiger partial charge in [0.25, 0.3) is 0 Å². The zero-order chi connectivity index (χ0) is 17.7. The van der Waals surface area contributed by atoms with Crippen LogP contribution in [-0.4, -0.2) is 29.0 Å². The molecule has 6 heteroatoms. The van der Waals surface area contributed by atoms with E-state index in [9.17, 15) is 9.90 Å². The Kier molecular flexibility index (Phi) is 6.33. The van der Waals surface area contributed by atoms with Crippen LogP contribution in [0.3, 0.4) is 0 Å². The molecule has 0 amide bonds. The average molecular weight is 356 g/mol. The van der Waals surface area contributed by atoms with Crippen LogP contribution in [0.1, 0.15) is 58.8 Å². The molecule has 0 bridgehead atoms. The molecule has 1 spiro atoms. The van der Waals surface area contributed by atoms with Gasteiger partial charge in [-0.2, -0.15) is 0 Å². The Bertz CT molecular complexity index is 559. The number of aliphatic hydroxyl groups excluding tert-OH is 1. The Labute approximate surface area is 148 Å². The fourth-order valence-electron chi connectivity index (χ4n) is 3.28. The van der Waals surface area contributed by atoms with E-state index < -0.39 is 11.6 Å². The molecule has 0 aromatic heterocycles. The van der Waals surface area contributed by atoms with E-state index in [1.165, 1.54) is 0 Å². The lowest BCUT2D eigenvalue weighted by atomic mass is 9.75. The summed E-state index contributed by atoms with van der Waals surface area (Å²) in [5.41, 5.74) is -0.0157. The molecular formula is C18H26ClNO4. The number of hydrogen-bond donors (Lipinski definition) is 1. The van der Waals surface area contributed by atoms with Gasteiger partial charge in [0.05, 0.1) is 10.7 Å². The second-order valence-corrected chi connectivity index (χ2v) is 7.37. The molecule has 1 N–H and O–H groups in total. The number of aliphatic hydroxyl groups is 1. The Balaban J connectivity index is 2.20. The van der Waals surface area contributed by atoms with Gasteiger partial charge in [0.15, 0.2) is 6.61 Å². The molecule has 0 unspecified atom stereocenters. The zero-order valence-corrected chi connectivity index (χ0v) is 15.2. The molecule has 134 valence electrons. The summed E-state index contributed by atoms with van der Waals surface area (Å²) in [4.78, 5) is 17.7. The van der Waals surface area contributed by atoms with Gasteiger partial charge < -0.3 is 14.7 Å². The van der Waals surface area contributed by atoms with Crippen molar-refractivity contribution in [3.05, 3.63) is 22.9 Å². The molecule has 0 radical (unpaired) electrons. The monoisotopic (exact) mass is 355 g/mol. The van der Waals surface area contributed by atoms with E-state index >= 15 is 0 Å². The smallest absolute Gasteiger partial charge is 0.344 e. The molecule has 0 aromatic rings. The first-order valence-electron chi connectivity index (χ1n) is 8.55. The quantitative estimate of drug-likeness (QED) is 0.429. The molecule has 1 saturated carbocycles. The van der Waals surface area contributed by atoms with Gasteiger partial charge in [-0.05, 0) is 38.0 Å². The summed E-state index contributed by atoms with van der Waals surface area (Å²) in [5.74, 6) is 0.186. The summed E-state index contributed by atoms with van der Waals surface area (Å²) in [5, 5.41) is 14.8. The minimum absolute atomic E-state index is 0.0552. The lowest BCUT2D eigenvalue weighted by Crippen LogP contribution is -2.44. The third kappa shape index (κ3) is 4.53. The largest absolute Gasteiger partial charge is 0.511 e. The van der Waals surface area contributed by atoms with E-state index in [0.717, 1.165) is 32.1 Å². The standard InChI is InChI=1S/C18H26ClNO4/c1-4-5-14(20-23-11-13(3)19)16-15(21)10-18(24-17(16)22)8-6-12(2)7-9-18/h12,21H,3-11H2,1-2H3. The van der Waals surface area contributed by atoms with Crippen LogP contribution in [0.25, 0.3) is 0 Å². The average Bonchev–Trinajstić information content (AvgIpc) is 2.49. The van der Waals surface area contributed by atoms with E-state index in [2.05, 4.69) is 18.7 Å². The van der Waals surface area contributed by atoms with E-state index in [1.54, 1.807) is 0 Å². The maximum Gasteiger partial charge on any atom is 0.344 e. The summed E-state index contributed by atoms with van der Waals surface area (Å²) in [6.07, 6.45) is 5.22. The minimum Gasteiger partial charge on any atom is -0.511 e. The van der Waals surface area contributed by atoms with Crippen molar-refractivity contribution in [2.45, 2.75) is 64.4 Å². The molecule has 24 heavy (non-hydrogen) atoms. The van der Waals surface area contributed by atoms with Gasteiger partial charge in [0.1, 0.15) is 16.9 Å². The van der Waals surface area contributed by atoms with Gasteiger partial charge in [-0.3, -0.25) is 0 Å². The van der Waals surface area contributed by atoms with Crippen molar-refractivity contribution < 1.29 is 19.5 Å². The van der Waals surface area contributed by atoms with Gasteiger partial charge in [-0.15, -0.1) is 0 Å². The van der Waals surface area contributed by atoms with E-state index in [0.29, 0.717) is 29.5 Å². The van der Waals surface area contributed by atoms with Crippen molar-refractivity contribution in [2.75, 3.05) is 6.61 Å². The van der Waals surface area contributed by atoms with Crippen molar-refractivity contribution in [2.24, 2.45) is 11.1 Å². The Morgan fingerprint density at radius 1 is 1.50 bits per heavy atom. The summed E-state index contributed by atoms with van der Waals surface area (Å²) in [6.45, 7) is 7.74. The number of rotatable bonds is 6. The SMILES string of the molecule is C=C(Cl)CON=C(CCC)C1=C(O)CC2(CCC(C)CC2)OC1=O. The molecule has 1 aliphatic heterocycles. The van der Waals surface area contributed by atoms with Crippen LogP contribution >= 0.6 is 11.6 Å². The van der Waals surface area contributed by atoms with Gasteiger partial charge in [-0.1, -0.05) is 43.6 Å². The van der Waals surface area contributed by atoms with Crippen LogP contribution in [-0.2, 0) is 14.4 Å². The molecule has 0 atom stereocenters. The number of carbonyl (C=O) groups excluding carboxylic acids is 1. The van der Waals surface area contributed by atoms with Crippen molar-refractivity contribution in [1.82, 2.24) is 0 Å². The van der Waals surface area contributed by atoms with Crippen LogP contribution < -0.4 is 0 Å². The number of halogens is 1. The highest BCUT2D eigenvalue weighted by atomic mass is 35.5. The van der Waals surface area contributed by atoms with Crippen molar-refractivity contribution in [3.63, 3.8) is 0 Å². The summed E-state index contributed by atoms with van der Waals surface area (Å²) >= 11 is 5.65. The Hall–Kier alpha value is -1.49. The Morgan fingerprint density at radius 3 is 2.71 bits per heavy atom. The fourth-order valence-corrected chi connectivity index (χ4v) is 3.33. The normalized spacial score (nSPS) is 28.0. The van der Waals surface area contributed by atoms with Crippen LogP contribution in [0.15, 0.2) is 28.1 Å². The van der Waals surface area contributed by atoms with Gasteiger partial charge in [-0.25, -0.2) is 4.79 Å². The first-order chi connectivity index (χ1) is 11.4. The first-order valence-corrected chi connectivity index (χ1v) is 8.92. The lowest BCUT2D eigenvalue weighted by molar-refractivity contribution is -0.162. The zero-order valence-electron chi connectivity index (χ0n) is 14.4. The van der Waals surface area contributed by atoms with E-state index in [4.69, 9.17) is 21.2 Å². The van der Waals surface area contributed by atoms with Crippen molar-refractivity contribution >= 4 is 23.3 Å². The number of ether oxygens (including phenoxy) is 1. The number of nitrogens with zero attached hydrogens (tertiary/aromatic N) is 1. The highest BCUT2D eigenvalue weighted by molar-refractivity contribution is 6.29. The van der Waals surface area contributed by atoms with Crippen LogP contribution in [0.2, 0.25) is 0 Å². The third-order valence-corrected chi connectivity index (χ3v) is 4.76. The molecular weight excluding hydrogens is 330 g/mol. The first kappa shape index (κ1) is 18.8. The molecule has 5 nitrogen and oxygen atoms in total. The second-order valence-electron chi connectivity index (χ2n) is 6.83. The van der Waals surface area contributed by atoms with Crippen LogP contribution in [0, 0.1) is 5.92 Å². The highest BCUT2D eigenvalue weighted by Gasteiger charge is 2.44. The van der Waals surface area contributed by atoms with Crippen molar-refractivity contribution in [3.8, 4) is 0 Å². The van der Waals surface area contributed by atoms with Gasteiger partial charge >= 0.3 is 5.97 Å². The second kappa shape index (κ2) is 8.06. The molecule has 1 fully saturated rings. The Morgan fingerprint density at radius 2 is 2.17 bits per heavy atom. The number of oxime groups is 1. The van der Waals surface area contributed by atoms with E-state index in [1.807, 2.05) is 6.92 Å². The van der Waals surface area contributed by atoms with Crippen molar-refractivity contribution in [1.29, 1.82) is 0 Å². The van der Waals surface area contributed by atoms with E-state index in [-0.39, 0.29) is 17.9 Å². The summed E-state index contributed by atoms with van der Waals surface area (Å²) in [6, 6.07) is 0. The highest BCUT2D eigenvalue weighted by Crippen LogP contribution is 2.42. The molecule has 0 aromatic carbocycles. The predicted octanol–water partition coefficient (Wildman–Crippen LogP) is 4.62. The predicted molar refractivity (Wildman–Crippen MR) is 94.0 cm³/mol. The lowest BCUT2D eigenvalue weighted by Gasteiger charge is -2.41. The van der Waals surface area contributed by atoms with Gasteiger partial charge in [0.2, 0.25) is 0 Å². The number of esters is 1. The maximum absolute atomic E-state index is 12.6. The topological polar surface area (TPSA) is 68.1 Å². The summed E-state index contributed by atoms with van der Waals surface area (Å²) in [7, 11) is 0. The van der Waals surface area contributed by atoms with Crippen LogP contribution in [0.5, 0.6) is 0 Å². The molecule has 2 rings (SSSR count). The number of carbonyl (C=O) groups is 1. The van der Waals surface area contributed by atoms with Crippen LogP contribution in [0.4, 0.5) is 0 Å². The molecule has 0 saturated heterocycles. The maximum atomic E-state index is 12.6. The fraction of sp³-hybridized carbons (Fsp3) is 0.667.